The molecule has 8 heteroatoms. The van der Waals surface area contributed by atoms with Crippen LogP contribution >= 0.6 is 0 Å². The van der Waals surface area contributed by atoms with Crippen LogP contribution in [0, 0.1) is 0 Å². The molecule has 0 aliphatic carbocycles. The molecule has 0 atom stereocenters. The fourth-order valence-electron chi connectivity index (χ4n) is 3.12. The summed E-state index contributed by atoms with van der Waals surface area (Å²) in [4.78, 5) is 48.8. The minimum Gasteiger partial charge on any atom is -0.461 e. The summed E-state index contributed by atoms with van der Waals surface area (Å²) in [7, 11) is 0. The molecule has 3 amide bonds. The molecular formula is C24H32N2O6. The van der Waals surface area contributed by atoms with E-state index in [4.69, 9.17) is 9.47 Å². The van der Waals surface area contributed by atoms with Gasteiger partial charge in [0, 0.05) is 25.0 Å². The quantitative estimate of drug-likeness (QED) is 0.229. The molecule has 1 saturated heterocycles. The van der Waals surface area contributed by atoms with Crippen LogP contribution in [0.5, 0.6) is 0 Å². The molecule has 1 aromatic carbocycles. The van der Waals surface area contributed by atoms with Crippen molar-refractivity contribution < 1.29 is 28.7 Å². The summed E-state index contributed by atoms with van der Waals surface area (Å²) in [5.41, 5.74) is 2.15. The highest BCUT2D eigenvalue weighted by atomic mass is 16.5. The van der Waals surface area contributed by atoms with Gasteiger partial charge in [-0.1, -0.05) is 43.7 Å². The normalized spacial score (nSPS) is 14.4. The van der Waals surface area contributed by atoms with E-state index >= 15 is 0 Å². The second kappa shape index (κ2) is 13.3. The second-order valence-electron chi connectivity index (χ2n) is 7.75. The van der Waals surface area contributed by atoms with Crippen molar-refractivity contribution in [3.05, 3.63) is 47.0 Å². The largest absolute Gasteiger partial charge is 0.461 e. The average molecular weight is 445 g/mol. The second-order valence-corrected chi connectivity index (χ2v) is 7.75. The van der Waals surface area contributed by atoms with Crippen molar-refractivity contribution in [1.29, 1.82) is 0 Å². The Kier molecular flexibility index (Phi) is 10.4. The number of β-lactam (4-membered cyclic amide) rings is 1. The maximum Gasteiger partial charge on any atom is 0.407 e. The Bertz CT molecular complexity index is 834. The zero-order chi connectivity index (χ0) is 23.3. The lowest BCUT2D eigenvalue weighted by Crippen LogP contribution is -2.50. The number of unbranched alkanes of at least 4 members (excludes halogenated alkanes) is 2. The zero-order valence-electron chi connectivity index (χ0n) is 18.9. The molecule has 32 heavy (non-hydrogen) atoms. The molecular weight excluding hydrogens is 412 g/mol. The number of amides is 3. The number of carbonyl (C=O) groups excluding carboxylic acids is 4. The summed E-state index contributed by atoms with van der Waals surface area (Å²) in [6.45, 7) is 4.68. The van der Waals surface area contributed by atoms with Gasteiger partial charge in [-0.3, -0.25) is 19.3 Å². The highest BCUT2D eigenvalue weighted by molar-refractivity contribution is 6.11. The molecule has 0 spiro atoms. The van der Waals surface area contributed by atoms with Crippen molar-refractivity contribution in [3.63, 3.8) is 0 Å². The maximum atomic E-state index is 12.2. The minimum atomic E-state index is -0.467. The molecule has 8 nitrogen and oxygen atoms in total. The molecule has 1 heterocycles. The molecule has 0 saturated carbocycles. The molecule has 0 aromatic heterocycles. The molecule has 1 aliphatic heterocycles. The van der Waals surface area contributed by atoms with Gasteiger partial charge in [0.15, 0.2) is 0 Å². The number of imide groups is 1. The standard InChI is InChI=1S/C24H32N2O6/c1-3-10-22(28)31-16-18(2)20-15-26(23(20)29)21(27)13-8-5-9-14-25-24(30)32-17-19-11-6-4-7-12-19/h4,6-7,11-12H,3,5,8-10,13-17H2,1-2H3,(H,25,30). The maximum absolute atomic E-state index is 12.2. The lowest BCUT2D eigenvalue weighted by molar-refractivity contribution is -0.148. The van der Waals surface area contributed by atoms with E-state index in [1.807, 2.05) is 37.3 Å². The first kappa shape index (κ1) is 25.1. The van der Waals surface area contributed by atoms with Crippen LogP contribution in [0.1, 0.15) is 57.9 Å². The first-order chi connectivity index (χ1) is 15.4. The molecule has 1 aromatic rings. The minimum absolute atomic E-state index is 0.0860. The van der Waals surface area contributed by atoms with E-state index in [-0.39, 0.29) is 44.0 Å². The van der Waals surface area contributed by atoms with Gasteiger partial charge in [0.25, 0.3) is 5.91 Å². The van der Waals surface area contributed by atoms with Crippen molar-refractivity contribution >= 4 is 23.9 Å². The number of alkyl carbamates (subject to hydrolysis) is 1. The van der Waals surface area contributed by atoms with Gasteiger partial charge < -0.3 is 14.8 Å². The number of carbonyl (C=O) groups is 4. The van der Waals surface area contributed by atoms with Crippen LogP contribution in [0.3, 0.4) is 0 Å². The molecule has 1 fully saturated rings. The Balaban J connectivity index is 1.55. The number of likely N-dealkylation sites (tertiary alicyclic amines) is 1. The summed E-state index contributed by atoms with van der Waals surface area (Å²) in [6.07, 6.45) is 2.98. The molecule has 1 aliphatic rings. The smallest absolute Gasteiger partial charge is 0.407 e. The van der Waals surface area contributed by atoms with E-state index in [9.17, 15) is 19.2 Å². The van der Waals surface area contributed by atoms with E-state index in [0.29, 0.717) is 37.0 Å². The van der Waals surface area contributed by atoms with Gasteiger partial charge in [0.05, 0.1) is 6.54 Å². The summed E-state index contributed by atoms with van der Waals surface area (Å²) in [5, 5.41) is 2.69. The number of esters is 1. The Morgan fingerprint density at radius 2 is 1.78 bits per heavy atom. The zero-order valence-corrected chi connectivity index (χ0v) is 18.9. The van der Waals surface area contributed by atoms with Gasteiger partial charge in [0.2, 0.25) is 5.91 Å². The summed E-state index contributed by atoms with van der Waals surface area (Å²) < 4.78 is 10.2. The van der Waals surface area contributed by atoms with Gasteiger partial charge in [-0.2, -0.15) is 0 Å². The summed E-state index contributed by atoms with van der Waals surface area (Å²) in [6, 6.07) is 9.44. The van der Waals surface area contributed by atoms with Crippen LogP contribution in [0.15, 0.2) is 41.5 Å². The molecule has 174 valence electrons. The SMILES string of the molecule is CCCC(=O)OCC(C)=C1CN(C(=O)CCCCCNC(=O)OCc2ccccc2)C1=O. The van der Waals surface area contributed by atoms with Crippen molar-refractivity contribution in [1.82, 2.24) is 10.2 Å². The lowest BCUT2D eigenvalue weighted by atomic mass is 10.00. The number of hydrogen-bond acceptors (Lipinski definition) is 6. The van der Waals surface area contributed by atoms with E-state index in [2.05, 4.69) is 5.32 Å². The van der Waals surface area contributed by atoms with Gasteiger partial charge in [0.1, 0.15) is 13.2 Å². The van der Waals surface area contributed by atoms with Gasteiger partial charge in [-0.05, 0) is 37.3 Å². The van der Waals surface area contributed by atoms with Crippen molar-refractivity contribution in [3.8, 4) is 0 Å². The van der Waals surface area contributed by atoms with Crippen molar-refractivity contribution in [2.24, 2.45) is 0 Å². The Labute approximate surface area is 188 Å². The number of benzene rings is 1. The predicted molar refractivity (Wildman–Crippen MR) is 118 cm³/mol. The summed E-state index contributed by atoms with van der Waals surface area (Å²) in [5.74, 6) is -0.794. The van der Waals surface area contributed by atoms with Gasteiger partial charge in [-0.25, -0.2) is 4.79 Å². The van der Waals surface area contributed by atoms with Crippen LogP contribution in [0.4, 0.5) is 4.79 Å². The molecule has 2 rings (SSSR count). The van der Waals surface area contributed by atoms with E-state index < -0.39 is 6.09 Å². The fourth-order valence-corrected chi connectivity index (χ4v) is 3.12. The predicted octanol–water partition coefficient (Wildman–Crippen LogP) is 3.50. The molecule has 0 unspecified atom stereocenters. The monoisotopic (exact) mass is 444 g/mol. The van der Waals surface area contributed by atoms with Gasteiger partial charge in [-0.15, -0.1) is 0 Å². The van der Waals surface area contributed by atoms with Crippen LogP contribution in [0.25, 0.3) is 0 Å². The Morgan fingerprint density at radius 1 is 1.03 bits per heavy atom. The van der Waals surface area contributed by atoms with Gasteiger partial charge >= 0.3 is 12.1 Å². The third-order valence-electron chi connectivity index (χ3n) is 5.09. The van der Waals surface area contributed by atoms with Crippen molar-refractivity contribution in [2.45, 2.75) is 59.0 Å². The van der Waals surface area contributed by atoms with E-state index in [1.165, 1.54) is 4.90 Å². The van der Waals surface area contributed by atoms with Crippen LogP contribution < -0.4 is 5.32 Å². The van der Waals surface area contributed by atoms with Crippen LogP contribution in [-0.4, -0.2) is 48.5 Å². The van der Waals surface area contributed by atoms with Crippen molar-refractivity contribution in [2.75, 3.05) is 19.7 Å². The van der Waals surface area contributed by atoms with Crippen LogP contribution in [-0.2, 0) is 30.5 Å². The van der Waals surface area contributed by atoms with E-state index in [1.54, 1.807) is 6.92 Å². The number of rotatable bonds is 12. The number of hydrogen-bond donors (Lipinski definition) is 1. The number of nitrogens with one attached hydrogen (secondary N) is 1. The fraction of sp³-hybridized carbons (Fsp3) is 0.500. The highest BCUT2D eigenvalue weighted by Crippen LogP contribution is 2.22. The number of ether oxygens (including phenoxy) is 2. The lowest BCUT2D eigenvalue weighted by Gasteiger charge is -2.33. The highest BCUT2D eigenvalue weighted by Gasteiger charge is 2.36. The topological polar surface area (TPSA) is 102 Å². The first-order valence-corrected chi connectivity index (χ1v) is 11.1. The third-order valence-corrected chi connectivity index (χ3v) is 5.09. The summed E-state index contributed by atoms with van der Waals surface area (Å²) >= 11 is 0. The Hall–Kier alpha value is -3.16. The number of nitrogens with zero attached hydrogens (tertiary/aromatic N) is 1. The molecule has 0 bridgehead atoms. The molecule has 1 N–H and O–H groups in total. The third kappa shape index (κ3) is 8.17. The van der Waals surface area contributed by atoms with Crippen LogP contribution in [0.2, 0.25) is 0 Å². The first-order valence-electron chi connectivity index (χ1n) is 11.1. The molecule has 0 radical (unpaired) electrons. The van der Waals surface area contributed by atoms with E-state index in [0.717, 1.165) is 18.4 Å². The Morgan fingerprint density at radius 3 is 2.47 bits per heavy atom. The average Bonchev–Trinajstić information content (AvgIpc) is 2.78.